The Labute approximate surface area is 233 Å². The molecule has 0 saturated heterocycles. The smallest absolute Gasteiger partial charge is 0.261 e. The molecule has 5 nitrogen and oxygen atoms in total. The second-order valence-corrected chi connectivity index (χ2v) is 10.5. The molecule has 0 spiro atoms. The number of benzene rings is 3. The first-order chi connectivity index (χ1) is 17.7. The third kappa shape index (κ3) is 8.39. The largest absolute Gasteiger partial charge is 0.484 e. The molecule has 1 N–H and O–H groups in total. The lowest BCUT2D eigenvalue weighted by atomic mass is 10.0. The number of nitrogens with zero attached hydrogens (tertiary/aromatic N) is 1. The quantitative estimate of drug-likeness (QED) is 0.282. The fourth-order valence-electron chi connectivity index (χ4n) is 3.77. The molecule has 0 aliphatic heterocycles. The summed E-state index contributed by atoms with van der Waals surface area (Å²) in [4.78, 5) is 28.7. The van der Waals surface area contributed by atoms with Gasteiger partial charge >= 0.3 is 0 Å². The molecule has 8 heteroatoms. The summed E-state index contributed by atoms with van der Waals surface area (Å²) in [5.74, 6) is 0.135. The average molecular weight is 562 g/mol. The first-order valence-electron chi connectivity index (χ1n) is 12.1. The lowest BCUT2D eigenvalue weighted by molar-refractivity contribution is -0.142. The number of carbonyl (C=O) groups excluding carboxylic acids is 2. The van der Waals surface area contributed by atoms with E-state index in [1.165, 1.54) is 4.90 Å². The number of halogens is 3. The molecule has 1 unspecified atom stereocenters. The zero-order chi connectivity index (χ0) is 26.9. The number of carbonyl (C=O) groups is 2. The molecule has 0 aliphatic rings. The summed E-state index contributed by atoms with van der Waals surface area (Å²) in [6, 6.07) is 19.1. The molecule has 3 aromatic carbocycles. The minimum Gasteiger partial charge on any atom is -0.484 e. The third-order valence-corrected chi connectivity index (χ3v) is 6.97. The number of hydrogen-bond donors (Lipinski definition) is 1. The first-order valence-corrected chi connectivity index (χ1v) is 13.2. The van der Waals surface area contributed by atoms with Crippen LogP contribution < -0.4 is 10.1 Å². The zero-order valence-corrected chi connectivity index (χ0v) is 23.4. The predicted molar refractivity (Wildman–Crippen MR) is 150 cm³/mol. The molecular weight excluding hydrogens is 531 g/mol. The molecule has 0 aromatic heterocycles. The molecule has 0 saturated carbocycles. The molecule has 0 bridgehead atoms. The highest BCUT2D eigenvalue weighted by Crippen LogP contribution is 2.27. The van der Waals surface area contributed by atoms with Crippen LogP contribution in [-0.4, -0.2) is 35.9 Å². The summed E-state index contributed by atoms with van der Waals surface area (Å²) in [5, 5.41) is 4.43. The number of amides is 2. The molecule has 0 aliphatic carbocycles. The van der Waals surface area contributed by atoms with Gasteiger partial charge in [-0.15, -0.1) is 0 Å². The van der Waals surface area contributed by atoms with E-state index in [0.29, 0.717) is 39.3 Å². The van der Waals surface area contributed by atoms with Crippen molar-refractivity contribution in [3.05, 3.63) is 98.5 Å². The average Bonchev–Trinajstić information content (AvgIpc) is 2.87. The van der Waals surface area contributed by atoms with Crippen LogP contribution in [0.1, 0.15) is 30.5 Å². The molecule has 0 radical (unpaired) electrons. The van der Waals surface area contributed by atoms with Gasteiger partial charge in [-0.1, -0.05) is 85.0 Å². The SMILES string of the molecule is Cc1cc(OCC(=O)N(Cc2c(Cl)cccc2Cl)C(Cc2ccccc2)C(=O)NCC(C)C)ccc1Cl. The van der Waals surface area contributed by atoms with Crippen molar-refractivity contribution in [3.63, 3.8) is 0 Å². The Morgan fingerprint density at radius 1 is 0.919 bits per heavy atom. The number of rotatable bonds is 11. The molecular formula is C29H31Cl3N2O3. The number of hydrogen-bond acceptors (Lipinski definition) is 3. The van der Waals surface area contributed by atoms with Crippen molar-refractivity contribution in [3.8, 4) is 5.75 Å². The Kier molecular flexibility index (Phi) is 10.7. The predicted octanol–water partition coefficient (Wildman–Crippen LogP) is 6.75. The Morgan fingerprint density at radius 2 is 1.59 bits per heavy atom. The Balaban J connectivity index is 1.95. The van der Waals surface area contributed by atoms with Crippen LogP contribution in [0.3, 0.4) is 0 Å². The minimum absolute atomic E-state index is 0.0486. The van der Waals surface area contributed by atoms with Crippen LogP contribution >= 0.6 is 34.8 Å². The maximum absolute atomic E-state index is 13.7. The molecule has 0 fully saturated rings. The Hall–Kier alpha value is -2.73. The maximum atomic E-state index is 13.7. The summed E-state index contributed by atoms with van der Waals surface area (Å²) >= 11 is 19.0. The van der Waals surface area contributed by atoms with Gasteiger partial charge in [0.2, 0.25) is 5.91 Å². The Bertz CT molecular complexity index is 1200. The van der Waals surface area contributed by atoms with Gasteiger partial charge in [0.15, 0.2) is 6.61 Å². The van der Waals surface area contributed by atoms with Crippen LogP contribution in [0.5, 0.6) is 5.75 Å². The van der Waals surface area contributed by atoms with Gasteiger partial charge in [-0.05, 0) is 54.3 Å². The van der Waals surface area contributed by atoms with Gasteiger partial charge in [0.1, 0.15) is 11.8 Å². The van der Waals surface area contributed by atoms with E-state index in [-0.39, 0.29) is 30.9 Å². The van der Waals surface area contributed by atoms with Crippen molar-refractivity contribution in [1.82, 2.24) is 10.2 Å². The number of aryl methyl sites for hydroxylation is 1. The summed E-state index contributed by atoms with van der Waals surface area (Å²) in [5.41, 5.74) is 2.32. The first kappa shape index (κ1) is 28.8. The van der Waals surface area contributed by atoms with Crippen LogP contribution in [0.25, 0.3) is 0 Å². The van der Waals surface area contributed by atoms with Gasteiger partial charge in [0.05, 0.1) is 0 Å². The molecule has 196 valence electrons. The van der Waals surface area contributed by atoms with E-state index >= 15 is 0 Å². The fourth-order valence-corrected chi connectivity index (χ4v) is 4.40. The van der Waals surface area contributed by atoms with Crippen LogP contribution in [0.15, 0.2) is 66.7 Å². The van der Waals surface area contributed by atoms with Gasteiger partial charge in [-0.3, -0.25) is 9.59 Å². The van der Waals surface area contributed by atoms with E-state index in [9.17, 15) is 9.59 Å². The summed E-state index contributed by atoms with van der Waals surface area (Å²) in [6.07, 6.45) is 0.318. The Morgan fingerprint density at radius 3 is 2.22 bits per heavy atom. The van der Waals surface area contributed by atoms with Gasteiger partial charge in [-0.2, -0.15) is 0 Å². The van der Waals surface area contributed by atoms with Crippen LogP contribution in [-0.2, 0) is 22.6 Å². The topological polar surface area (TPSA) is 58.6 Å². The van der Waals surface area contributed by atoms with E-state index in [1.807, 2.05) is 51.1 Å². The van der Waals surface area contributed by atoms with Gasteiger partial charge in [0, 0.05) is 40.1 Å². The third-order valence-electron chi connectivity index (χ3n) is 5.84. The van der Waals surface area contributed by atoms with Gasteiger partial charge < -0.3 is 15.0 Å². The van der Waals surface area contributed by atoms with Crippen molar-refractivity contribution in [1.29, 1.82) is 0 Å². The van der Waals surface area contributed by atoms with Crippen LogP contribution in [0.2, 0.25) is 15.1 Å². The zero-order valence-electron chi connectivity index (χ0n) is 21.1. The van der Waals surface area contributed by atoms with Crippen molar-refractivity contribution in [2.45, 2.75) is 39.8 Å². The monoisotopic (exact) mass is 560 g/mol. The van der Waals surface area contributed by atoms with Crippen LogP contribution in [0.4, 0.5) is 0 Å². The second kappa shape index (κ2) is 13.7. The van der Waals surface area contributed by atoms with E-state index in [4.69, 9.17) is 39.5 Å². The van der Waals surface area contributed by atoms with E-state index in [2.05, 4.69) is 5.32 Å². The molecule has 3 rings (SSSR count). The van der Waals surface area contributed by atoms with Crippen molar-refractivity contribution in [2.75, 3.05) is 13.2 Å². The molecule has 1 atom stereocenters. The molecule has 2 amide bonds. The molecule has 37 heavy (non-hydrogen) atoms. The molecule has 3 aromatic rings. The van der Waals surface area contributed by atoms with E-state index < -0.39 is 6.04 Å². The standard InChI is InChI=1S/C29H31Cl3N2O3/c1-19(2)16-33-29(36)27(15-21-8-5-4-6-9-21)34(17-23-25(31)10-7-11-26(23)32)28(35)18-37-22-12-13-24(30)20(3)14-22/h4-14,19,27H,15-18H2,1-3H3,(H,33,36). The van der Waals surface area contributed by atoms with Gasteiger partial charge in [0.25, 0.3) is 5.91 Å². The highest BCUT2D eigenvalue weighted by atomic mass is 35.5. The van der Waals surface area contributed by atoms with Crippen molar-refractivity contribution < 1.29 is 14.3 Å². The molecule has 0 heterocycles. The highest BCUT2D eigenvalue weighted by molar-refractivity contribution is 6.36. The normalized spacial score (nSPS) is 11.8. The number of nitrogens with one attached hydrogen (secondary N) is 1. The van der Waals surface area contributed by atoms with Crippen molar-refractivity contribution >= 4 is 46.6 Å². The lowest BCUT2D eigenvalue weighted by Gasteiger charge is -2.32. The van der Waals surface area contributed by atoms with E-state index in [1.54, 1.807) is 36.4 Å². The minimum atomic E-state index is -0.809. The maximum Gasteiger partial charge on any atom is 0.261 e. The second-order valence-electron chi connectivity index (χ2n) is 9.27. The van der Waals surface area contributed by atoms with E-state index in [0.717, 1.165) is 11.1 Å². The summed E-state index contributed by atoms with van der Waals surface area (Å²) in [6.45, 7) is 6.15. The highest BCUT2D eigenvalue weighted by Gasteiger charge is 2.31. The van der Waals surface area contributed by atoms with Crippen LogP contribution in [0, 0.1) is 12.8 Å². The van der Waals surface area contributed by atoms with Crippen molar-refractivity contribution in [2.24, 2.45) is 5.92 Å². The summed E-state index contributed by atoms with van der Waals surface area (Å²) in [7, 11) is 0. The summed E-state index contributed by atoms with van der Waals surface area (Å²) < 4.78 is 5.81. The fraction of sp³-hybridized carbons (Fsp3) is 0.310. The lowest BCUT2D eigenvalue weighted by Crippen LogP contribution is -2.52. The number of ether oxygens (including phenoxy) is 1. The van der Waals surface area contributed by atoms with Gasteiger partial charge in [-0.25, -0.2) is 0 Å².